The Labute approximate surface area is 96.4 Å². The van der Waals surface area contributed by atoms with Crippen LogP contribution in [-0.2, 0) is 5.41 Å². The third kappa shape index (κ3) is 2.00. The summed E-state index contributed by atoms with van der Waals surface area (Å²) in [7, 11) is 1.61. The van der Waals surface area contributed by atoms with Gasteiger partial charge in [-0.25, -0.2) is 0 Å². The van der Waals surface area contributed by atoms with Crippen molar-refractivity contribution in [1.29, 1.82) is 0 Å². The molecule has 1 aromatic carbocycles. The van der Waals surface area contributed by atoms with E-state index >= 15 is 0 Å². The molecule has 2 N–H and O–H groups in total. The molecule has 3 nitrogen and oxygen atoms in total. The number of methoxy groups -OCH3 is 1. The van der Waals surface area contributed by atoms with E-state index in [4.69, 9.17) is 4.74 Å². The number of aromatic hydroxyl groups is 1. The van der Waals surface area contributed by atoms with Crippen LogP contribution in [0.5, 0.6) is 11.5 Å². The topological polar surface area (TPSA) is 41.5 Å². The van der Waals surface area contributed by atoms with Gasteiger partial charge < -0.3 is 15.2 Å². The fourth-order valence-corrected chi connectivity index (χ4v) is 2.40. The highest BCUT2D eigenvalue weighted by molar-refractivity contribution is 5.44. The van der Waals surface area contributed by atoms with Crippen LogP contribution in [0.3, 0.4) is 0 Å². The molecule has 1 aliphatic heterocycles. The van der Waals surface area contributed by atoms with E-state index in [0.29, 0.717) is 11.5 Å². The molecule has 0 radical (unpaired) electrons. The molecule has 1 aromatic rings. The highest BCUT2D eigenvalue weighted by Gasteiger charge is 2.30. The average molecular weight is 221 g/mol. The van der Waals surface area contributed by atoms with E-state index in [1.54, 1.807) is 13.2 Å². The van der Waals surface area contributed by atoms with Crippen molar-refractivity contribution in [3.63, 3.8) is 0 Å². The van der Waals surface area contributed by atoms with E-state index in [2.05, 4.69) is 12.2 Å². The summed E-state index contributed by atoms with van der Waals surface area (Å²) in [6, 6.07) is 5.60. The standard InChI is InChI=1S/C13H19NO2/c1-13(5-7-14-8-6-13)11-4-3-10(16-2)9-12(11)15/h3-4,9,14-15H,5-8H2,1-2H3. The zero-order valence-electron chi connectivity index (χ0n) is 9.92. The summed E-state index contributed by atoms with van der Waals surface area (Å²) in [5, 5.41) is 13.4. The van der Waals surface area contributed by atoms with Crippen LogP contribution in [0.4, 0.5) is 0 Å². The van der Waals surface area contributed by atoms with Crippen molar-refractivity contribution in [2.45, 2.75) is 25.2 Å². The maximum Gasteiger partial charge on any atom is 0.123 e. The van der Waals surface area contributed by atoms with Gasteiger partial charge in [0, 0.05) is 11.6 Å². The predicted octanol–water partition coefficient (Wildman–Crippen LogP) is 2.04. The maximum absolute atomic E-state index is 10.0. The lowest BCUT2D eigenvalue weighted by molar-refractivity contribution is 0.321. The summed E-state index contributed by atoms with van der Waals surface area (Å²) in [5.74, 6) is 1.06. The van der Waals surface area contributed by atoms with E-state index in [1.807, 2.05) is 12.1 Å². The van der Waals surface area contributed by atoms with Gasteiger partial charge >= 0.3 is 0 Å². The van der Waals surface area contributed by atoms with Crippen LogP contribution < -0.4 is 10.1 Å². The van der Waals surface area contributed by atoms with Crippen molar-refractivity contribution in [2.24, 2.45) is 0 Å². The van der Waals surface area contributed by atoms with Crippen molar-refractivity contribution >= 4 is 0 Å². The van der Waals surface area contributed by atoms with Crippen molar-refractivity contribution in [3.05, 3.63) is 23.8 Å². The SMILES string of the molecule is COc1ccc(C2(C)CCNCC2)c(O)c1. The van der Waals surface area contributed by atoms with E-state index < -0.39 is 0 Å². The first-order chi connectivity index (χ1) is 7.65. The minimum Gasteiger partial charge on any atom is -0.508 e. The first kappa shape index (κ1) is 11.3. The second-order valence-corrected chi connectivity index (χ2v) is 4.69. The minimum absolute atomic E-state index is 0.0849. The second-order valence-electron chi connectivity index (χ2n) is 4.69. The van der Waals surface area contributed by atoms with Gasteiger partial charge in [0.25, 0.3) is 0 Å². The summed E-state index contributed by atoms with van der Waals surface area (Å²) < 4.78 is 5.10. The van der Waals surface area contributed by atoms with Gasteiger partial charge in [-0.05, 0) is 37.4 Å². The largest absolute Gasteiger partial charge is 0.508 e. The summed E-state index contributed by atoms with van der Waals surface area (Å²) in [4.78, 5) is 0. The Hall–Kier alpha value is -1.22. The molecule has 2 rings (SSSR count). The molecular formula is C13H19NO2. The lowest BCUT2D eigenvalue weighted by Crippen LogP contribution is -2.37. The van der Waals surface area contributed by atoms with Crippen LogP contribution in [0.2, 0.25) is 0 Å². The normalized spacial score (nSPS) is 19.4. The van der Waals surface area contributed by atoms with Crippen LogP contribution in [0.25, 0.3) is 0 Å². The monoisotopic (exact) mass is 221 g/mol. The molecule has 1 aliphatic rings. The average Bonchev–Trinajstić information content (AvgIpc) is 2.29. The molecule has 0 spiro atoms. The number of hydrogen-bond donors (Lipinski definition) is 2. The van der Waals surface area contributed by atoms with E-state index in [0.717, 1.165) is 31.5 Å². The molecule has 0 saturated carbocycles. The Morgan fingerprint density at radius 3 is 2.56 bits per heavy atom. The van der Waals surface area contributed by atoms with Gasteiger partial charge in [-0.15, -0.1) is 0 Å². The smallest absolute Gasteiger partial charge is 0.123 e. The molecule has 1 heterocycles. The number of piperidine rings is 1. The van der Waals surface area contributed by atoms with Gasteiger partial charge in [-0.2, -0.15) is 0 Å². The summed E-state index contributed by atoms with van der Waals surface area (Å²) in [6.07, 6.45) is 2.12. The summed E-state index contributed by atoms with van der Waals surface area (Å²) in [5.41, 5.74) is 1.12. The highest BCUT2D eigenvalue weighted by atomic mass is 16.5. The maximum atomic E-state index is 10.0. The van der Waals surface area contributed by atoms with Gasteiger partial charge in [-0.1, -0.05) is 13.0 Å². The molecule has 0 aromatic heterocycles. The number of benzene rings is 1. The predicted molar refractivity (Wildman–Crippen MR) is 64.1 cm³/mol. The molecule has 0 aliphatic carbocycles. The Morgan fingerprint density at radius 1 is 1.31 bits per heavy atom. The van der Waals surface area contributed by atoms with E-state index in [1.165, 1.54) is 0 Å². The third-order valence-corrected chi connectivity index (χ3v) is 3.56. The highest BCUT2D eigenvalue weighted by Crippen LogP contribution is 2.39. The molecule has 1 saturated heterocycles. The van der Waals surface area contributed by atoms with Crippen molar-refractivity contribution in [1.82, 2.24) is 5.32 Å². The minimum atomic E-state index is 0.0849. The lowest BCUT2D eigenvalue weighted by Gasteiger charge is -2.35. The van der Waals surface area contributed by atoms with Gasteiger partial charge in [0.2, 0.25) is 0 Å². The number of ether oxygens (including phenoxy) is 1. The Morgan fingerprint density at radius 2 is 2.00 bits per heavy atom. The molecule has 0 bridgehead atoms. The fraction of sp³-hybridized carbons (Fsp3) is 0.538. The molecule has 3 heteroatoms. The molecular weight excluding hydrogens is 202 g/mol. The third-order valence-electron chi connectivity index (χ3n) is 3.56. The Bertz CT molecular complexity index is 370. The number of phenols is 1. The number of hydrogen-bond acceptors (Lipinski definition) is 3. The van der Waals surface area contributed by atoms with Gasteiger partial charge in [-0.3, -0.25) is 0 Å². The zero-order valence-corrected chi connectivity index (χ0v) is 9.92. The molecule has 0 unspecified atom stereocenters. The van der Waals surface area contributed by atoms with Crippen LogP contribution in [-0.4, -0.2) is 25.3 Å². The lowest BCUT2D eigenvalue weighted by atomic mass is 9.74. The van der Waals surface area contributed by atoms with Gasteiger partial charge in [0.05, 0.1) is 7.11 Å². The summed E-state index contributed by atoms with van der Waals surface area (Å²) >= 11 is 0. The van der Waals surface area contributed by atoms with Crippen LogP contribution >= 0.6 is 0 Å². The van der Waals surface area contributed by atoms with Crippen LogP contribution in [0.1, 0.15) is 25.3 Å². The molecule has 0 amide bonds. The number of phenolic OH excluding ortho intramolecular Hbond substituents is 1. The van der Waals surface area contributed by atoms with Crippen LogP contribution in [0.15, 0.2) is 18.2 Å². The van der Waals surface area contributed by atoms with Crippen molar-refractivity contribution in [3.8, 4) is 11.5 Å². The fourth-order valence-electron chi connectivity index (χ4n) is 2.40. The molecule has 1 fully saturated rings. The number of rotatable bonds is 2. The Kier molecular flexibility index (Phi) is 3.06. The van der Waals surface area contributed by atoms with Gasteiger partial charge in [0.1, 0.15) is 11.5 Å². The van der Waals surface area contributed by atoms with Crippen molar-refractivity contribution in [2.75, 3.05) is 20.2 Å². The van der Waals surface area contributed by atoms with E-state index in [9.17, 15) is 5.11 Å². The quantitative estimate of drug-likeness (QED) is 0.803. The molecule has 0 atom stereocenters. The van der Waals surface area contributed by atoms with Crippen molar-refractivity contribution < 1.29 is 9.84 Å². The van der Waals surface area contributed by atoms with Crippen LogP contribution in [0, 0.1) is 0 Å². The van der Waals surface area contributed by atoms with E-state index in [-0.39, 0.29) is 5.41 Å². The Balaban J connectivity index is 2.32. The number of nitrogens with one attached hydrogen (secondary N) is 1. The zero-order chi connectivity index (χ0) is 11.6. The molecule has 16 heavy (non-hydrogen) atoms. The summed E-state index contributed by atoms with van der Waals surface area (Å²) in [6.45, 7) is 4.25. The second kappa shape index (κ2) is 4.34. The van der Waals surface area contributed by atoms with Gasteiger partial charge in [0.15, 0.2) is 0 Å². The molecule has 88 valence electrons. The first-order valence-corrected chi connectivity index (χ1v) is 5.74. The first-order valence-electron chi connectivity index (χ1n) is 5.74.